The second kappa shape index (κ2) is 11.3. The van der Waals surface area contributed by atoms with E-state index < -0.39 is 13.4 Å². The van der Waals surface area contributed by atoms with Crippen LogP contribution in [0.2, 0.25) is 0 Å². The Labute approximate surface area is 222 Å². The van der Waals surface area contributed by atoms with Gasteiger partial charge >= 0.3 is 39.0 Å². The van der Waals surface area contributed by atoms with Gasteiger partial charge in [-0.05, 0) is 24.0 Å². The van der Waals surface area contributed by atoms with E-state index in [0.717, 1.165) is 30.5 Å². The first-order valence-electron chi connectivity index (χ1n) is 12.3. The Balaban J connectivity index is 0.000000532. The molecule has 6 nitrogen and oxygen atoms in total. The monoisotopic (exact) mass is 579 g/mol. The molecule has 4 rings (SSSR count). The number of imidazole rings is 1. The molecule has 0 unspecified atom stereocenters. The van der Waals surface area contributed by atoms with Crippen LogP contribution in [0.15, 0.2) is 79.4 Å². The molecule has 1 aromatic heterocycles. The number of carbonyl (C=O) groups excluding carboxylic acids is 1. The molecule has 0 spiro atoms. The summed E-state index contributed by atoms with van der Waals surface area (Å²) in [5, 5.41) is 15.3. The Bertz CT molecular complexity index is 1170. The second-order valence-corrected chi connectivity index (χ2v) is 11.5. The van der Waals surface area contributed by atoms with E-state index in [1.54, 1.807) is 0 Å². The first-order chi connectivity index (χ1) is 18.0. The van der Waals surface area contributed by atoms with Crippen LogP contribution >= 0.6 is 7.81 Å². The molecule has 1 fully saturated rings. The average molecular weight is 580 g/mol. The van der Waals surface area contributed by atoms with Gasteiger partial charge in [-0.25, -0.2) is 9.13 Å². The SMILES string of the molecule is C[n+]1ccn(CCCCC(=O)O[C@H]2CN[C@H](C(O)(c3ccccc3)c3ccccc3)C2)c1.F[P-](F)(F)(F)(F)F. The van der Waals surface area contributed by atoms with Crippen molar-refractivity contribution in [3.05, 3.63) is 90.5 Å². The number of esters is 1. The quantitative estimate of drug-likeness (QED) is 0.106. The number of nitrogens with one attached hydrogen (secondary N) is 1. The zero-order valence-corrected chi connectivity index (χ0v) is 22.2. The maximum absolute atomic E-state index is 12.4. The Morgan fingerprint density at radius 1 is 1.03 bits per heavy atom. The molecule has 2 atom stereocenters. The van der Waals surface area contributed by atoms with E-state index in [4.69, 9.17) is 4.74 Å². The van der Waals surface area contributed by atoms with Crippen molar-refractivity contribution >= 4 is 13.8 Å². The first-order valence-corrected chi connectivity index (χ1v) is 14.4. The van der Waals surface area contributed by atoms with E-state index in [2.05, 4.69) is 9.88 Å². The third kappa shape index (κ3) is 10.6. The molecular weight excluding hydrogens is 547 g/mol. The van der Waals surface area contributed by atoms with E-state index in [9.17, 15) is 35.1 Å². The number of halogens is 6. The third-order valence-corrected chi connectivity index (χ3v) is 6.19. The van der Waals surface area contributed by atoms with Gasteiger partial charge in [0.05, 0.1) is 13.6 Å². The number of aromatic nitrogens is 2. The Morgan fingerprint density at radius 2 is 1.56 bits per heavy atom. The predicted molar refractivity (Wildman–Crippen MR) is 135 cm³/mol. The summed E-state index contributed by atoms with van der Waals surface area (Å²) in [6.45, 7) is 1.43. The summed E-state index contributed by atoms with van der Waals surface area (Å²) in [4.78, 5) is 12.4. The zero-order valence-electron chi connectivity index (χ0n) is 21.3. The molecule has 2 N–H and O–H groups in total. The fraction of sp³-hybridized carbons (Fsp3) is 0.385. The summed E-state index contributed by atoms with van der Waals surface area (Å²) in [6.07, 6.45) is 8.52. The van der Waals surface area contributed by atoms with Crippen molar-refractivity contribution < 1.29 is 44.4 Å². The molecule has 39 heavy (non-hydrogen) atoms. The van der Waals surface area contributed by atoms with E-state index in [1.807, 2.05) is 91.0 Å². The molecule has 2 heterocycles. The molecule has 3 aromatic rings. The molecule has 13 heteroatoms. The molecule has 1 aliphatic rings. The van der Waals surface area contributed by atoms with Crippen LogP contribution in [0.4, 0.5) is 25.2 Å². The molecule has 1 saturated heterocycles. The number of aryl methyl sites for hydroxylation is 2. The van der Waals surface area contributed by atoms with Crippen molar-refractivity contribution in [1.82, 2.24) is 9.88 Å². The Morgan fingerprint density at radius 3 is 2.05 bits per heavy atom. The zero-order chi connectivity index (χ0) is 28.8. The molecule has 0 aliphatic carbocycles. The van der Waals surface area contributed by atoms with Crippen LogP contribution in [0.25, 0.3) is 0 Å². The summed E-state index contributed by atoms with van der Waals surface area (Å²) in [5.74, 6) is -0.168. The van der Waals surface area contributed by atoms with Crippen molar-refractivity contribution in [3.63, 3.8) is 0 Å². The van der Waals surface area contributed by atoms with Crippen molar-refractivity contribution in [2.45, 2.75) is 50.0 Å². The molecule has 0 radical (unpaired) electrons. The van der Waals surface area contributed by atoms with Gasteiger partial charge < -0.3 is 15.2 Å². The van der Waals surface area contributed by atoms with Gasteiger partial charge in [-0.15, -0.1) is 0 Å². The standard InChI is InChI=1S/C26H32N3O3.F6P/c1-28-16-17-29(20-28)15-9-8-14-25(30)32-23-18-24(27-19-23)26(31,21-10-4-2-5-11-21)22-12-6-3-7-13-22;1-7(2,3,4,5)6/h2-7,10-13,16-17,20,23-24,27,31H,8-9,14-15,18-19H2,1H3;/q+1;-1/t23-,24+;/m1./s1. The van der Waals surface area contributed by atoms with Crippen molar-refractivity contribution in [3.8, 4) is 0 Å². The van der Waals surface area contributed by atoms with Crippen molar-refractivity contribution in [2.75, 3.05) is 6.54 Å². The van der Waals surface area contributed by atoms with E-state index in [1.165, 1.54) is 0 Å². The molecular formula is C26H32F6N3O3P. The van der Waals surface area contributed by atoms with Crippen LogP contribution in [-0.4, -0.2) is 34.3 Å². The predicted octanol–water partition coefficient (Wildman–Crippen LogP) is 6.08. The number of aliphatic hydroxyl groups is 1. The maximum atomic E-state index is 12.4. The number of unbranched alkanes of at least 4 members (excludes halogenated alkanes) is 1. The normalized spacial score (nSPS) is 19.4. The summed E-state index contributed by atoms with van der Waals surface area (Å²) >= 11 is 0. The van der Waals surface area contributed by atoms with Crippen LogP contribution in [0, 0.1) is 0 Å². The van der Waals surface area contributed by atoms with Gasteiger partial charge in [-0.1, -0.05) is 60.7 Å². The Kier molecular flexibility index (Phi) is 8.84. The van der Waals surface area contributed by atoms with Crippen LogP contribution < -0.4 is 9.88 Å². The minimum absolute atomic E-state index is 0.168. The van der Waals surface area contributed by atoms with E-state index in [0.29, 0.717) is 19.4 Å². The summed E-state index contributed by atoms with van der Waals surface area (Å²) < 4.78 is 69.1. The summed E-state index contributed by atoms with van der Waals surface area (Å²) in [6, 6.07) is 19.1. The van der Waals surface area contributed by atoms with Gasteiger partial charge in [-0.2, -0.15) is 0 Å². The average Bonchev–Trinajstić information content (AvgIpc) is 3.49. The third-order valence-electron chi connectivity index (χ3n) is 6.19. The van der Waals surface area contributed by atoms with Crippen LogP contribution in [0.5, 0.6) is 0 Å². The van der Waals surface area contributed by atoms with Crippen LogP contribution in [-0.2, 0) is 28.7 Å². The molecule has 2 aromatic carbocycles. The molecule has 216 valence electrons. The molecule has 0 amide bonds. The number of rotatable bonds is 9. The fourth-order valence-corrected chi connectivity index (χ4v) is 4.51. The van der Waals surface area contributed by atoms with Gasteiger partial charge in [0, 0.05) is 25.4 Å². The number of hydrogen-bond donors (Lipinski definition) is 2. The molecule has 1 aliphatic heterocycles. The van der Waals surface area contributed by atoms with Crippen molar-refractivity contribution in [2.24, 2.45) is 7.05 Å². The molecule has 0 bridgehead atoms. The van der Waals surface area contributed by atoms with Crippen LogP contribution in [0.1, 0.15) is 36.8 Å². The number of ether oxygens (including phenoxy) is 1. The second-order valence-electron chi connectivity index (χ2n) is 9.54. The number of benzene rings is 2. The fourth-order valence-electron chi connectivity index (χ4n) is 4.51. The Hall–Kier alpha value is -2.95. The number of nitrogens with zero attached hydrogens (tertiary/aromatic N) is 2. The van der Waals surface area contributed by atoms with Crippen molar-refractivity contribution in [1.29, 1.82) is 0 Å². The first kappa shape index (κ1) is 30.6. The van der Waals surface area contributed by atoms with Crippen LogP contribution in [0.3, 0.4) is 0 Å². The number of carbonyl (C=O) groups is 1. The molecule has 0 saturated carbocycles. The minimum atomic E-state index is -10.7. The van der Waals surface area contributed by atoms with Gasteiger partial charge in [-0.3, -0.25) is 4.79 Å². The summed E-state index contributed by atoms with van der Waals surface area (Å²) in [5.41, 5.74) is 0.458. The van der Waals surface area contributed by atoms with Gasteiger partial charge in [0.2, 0.25) is 6.33 Å². The van der Waals surface area contributed by atoms with Gasteiger partial charge in [0.25, 0.3) is 0 Å². The van der Waals surface area contributed by atoms with Gasteiger partial charge in [0.15, 0.2) is 0 Å². The van der Waals surface area contributed by atoms with Gasteiger partial charge in [0.1, 0.15) is 24.1 Å². The summed E-state index contributed by atoms with van der Waals surface area (Å²) in [7, 11) is -8.66. The van der Waals surface area contributed by atoms with E-state index in [-0.39, 0.29) is 18.1 Å². The topological polar surface area (TPSA) is 67.4 Å². The number of hydrogen-bond acceptors (Lipinski definition) is 4. The van der Waals surface area contributed by atoms with E-state index >= 15 is 0 Å².